The Balaban J connectivity index is 1.47. The van der Waals surface area contributed by atoms with Crippen molar-refractivity contribution in [2.45, 2.75) is 31.2 Å². The predicted molar refractivity (Wildman–Crippen MR) is 123 cm³/mol. The third-order valence-corrected chi connectivity index (χ3v) is 6.52. The first-order valence-corrected chi connectivity index (χ1v) is 11.5. The van der Waals surface area contributed by atoms with E-state index in [1.54, 1.807) is 18.2 Å². The average molecular weight is 524 g/mol. The lowest BCUT2D eigenvalue weighted by Crippen LogP contribution is -2.56. The van der Waals surface area contributed by atoms with Crippen LogP contribution < -0.4 is 9.64 Å². The molecule has 5 rings (SSSR count). The number of nitrogens with zero attached hydrogens (tertiary/aromatic N) is 3. The first kappa shape index (κ1) is 24.4. The van der Waals surface area contributed by atoms with Gasteiger partial charge in [-0.2, -0.15) is 10.1 Å². The molecular formula is C24H21ClF3N3O5. The molecule has 0 N–H and O–H groups in total. The highest BCUT2D eigenvalue weighted by Crippen LogP contribution is 2.39. The number of hydrazone groups is 1. The number of hydrogen-bond donors (Lipinski definition) is 0. The Morgan fingerprint density at radius 2 is 1.94 bits per heavy atom. The van der Waals surface area contributed by atoms with Gasteiger partial charge in [0, 0.05) is 29.2 Å². The molecule has 0 spiro atoms. The van der Waals surface area contributed by atoms with E-state index in [0.29, 0.717) is 22.8 Å². The highest BCUT2D eigenvalue weighted by molar-refractivity contribution is 6.31. The molecule has 1 atom stereocenters. The van der Waals surface area contributed by atoms with Crippen LogP contribution in [0, 0.1) is 5.92 Å². The summed E-state index contributed by atoms with van der Waals surface area (Å²) in [6, 6.07) is 9.58. The second-order valence-electron chi connectivity index (χ2n) is 8.80. The molecule has 2 aromatic rings. The normalized spacial score (nSPS) is 20.8. The molecule has 1 heterocycles. The number of methoxy groups -OCH3 is 1. The number of alkyl halides is 3. The average Bonchev–Trinajstić information content (AvgIpc) is 3.60. The van der Waals surface area contributed by atoms with E-state index in [1.165, 1.54) is 24.1 Å². The Morgan fingerprint density at radius 1 is 1.22 bits per heavy atom. The van der Waals surface area contributed by atoms with Gasteiger partial charge in [0.2, 0.25) is 5.60 Å². The zero-order valence-electron chi connectivity index (χ0n) is 19.0. The number of benzene rings is 2. The van der Waals surface area contributed by atoms with Crippen LogP contribution in [0.1, 0.15) is 24.0 Å². The lowest BCUT2D eigenvalue weighted by molar-refractivity contribution is -0.274. The van der Waals surface area contributed by atoms with E-state index in [1.807, 2.05) is 0 Å². The number of rotatable bonds is 5. The lowest BCUT2D eigenvalue weighted by Gasteiger charge is -2.36. The monoisotopic (exact) mass is 523 g/mol. The maximum atomic E-state index is 13.6. The Kier molecular flexibility index (Phi) is 6.08. The van der Waals surface area contributed by atoms with Crippen molar-refractivity contribution in [1.82, 2.24) is 5.01 Å². The van der Waals surface area contributed by atoms with Gasteiger partial charge in [0.15, 0.2) is 0 Å². The first-order chi connectivity index (χ1) is 17.1. The zero-order chi connectivity index (χ0) is 25.7. The number of halogens is 4. The van der Waals surface area contributed by atoms with Gasteiger partial charge in [-0.3, -0.25) is 4.90 Å². The van der Waals surface area contributed by atoms with E-state index in [0.717, 1.165) is 35.5 Å². The van der Waals surface area contributed by atoms with Crippen molar-refractivity contribution in [3.05, 3.63) is 58.6 Å². The molecule has 1 unspecified atom stereocenters. The minimum absolute atomic E-state index is 0.156. The lowest BCUT2D eigenvalue weighted by atomic mass is 9.97. The van der Waals surface area contributed by atoms with Crippen LogP contribution in [0.5, 0.6) is 5.75 Å². The summed E-state index contributed by atoms with van der Waals surface area (Å²) in [6.07, 6.45) is -2.80. The van der Waals surface area contributed by atoms with E-state index >= 15 is 0 Å². The van der Waals surface area contributed by atoms with Gasteiger partial charge in [-0.25, -0.2) is 9.59 Å². The van der Waals surface area contributed by atoms with Gasteiger partial charge in [0.05, 0.1) is 7.11 Å². The predicted octanol–water partition coefficient (Wildman–Crippen LogP) is 4.74. The molecule has 0 radical (unpaired) electrons. The summed E-state index contributed by atoms with van der Waals surface area (Å²) in [7, 11) is 1.25. The molecule has 3 aliphatic rings. The number of ether oxygens (including phenoxy) is 3. The van der Waals surface area contributed by atoms with Crippen LogP contribution >= 0.6 is 11.6 Å². The number of anilines is 1. The fourth-order valence-electron chi connectivity index (χ4n) is 4.39. The maximum Gasteiger partial charge on any atom is 0.573 e. The van der Waals surface area contributed by atoms with E-state index in [2.05, 4.69) is 9.84 Å². The van der Waals surface area contributed by atoms with Gasteiger partial charge in [-0.15, -0.1) is 13.2 Å². The highest BCUT2D eigenvalue weighted by Gasteiger charge is 2.55. The summed E-state index contributed by atoms with van der Waals surface area (Å²) >= 11 is 6.13. The van der Waals surface area contributed by atoms with Crippen molar-refractivity contribution in [3.63, 3.8) is 0 Å². The van der Waals surface area contributed by atoms with Crippen molar-refractivity contribution in [2.24, 2.45) is 11.0 Å². The van der Waals surface area contributed by atoms with Gasteiger partial charge >= 0.3 is 18.4 Å². The Bertz CT molecular complexity index is 1230. The van der Waals surface area contributed by atoms with Crippen LogP contribution in [0.25, 0.3) is 0 Å². The first-order valence-electron chi connectivity index (χ1n) is 11.1. The van der Waals surface area contributed by atoms with Crippen molar-refractivity contribution in [1.29, 1.82) is 0 Å². The molecule has 36 heavy (non-hydrogen) atoms. The molecule has 190 valence electrons. The Morgan fingerprint density at radius 3 is 2.58 bits per heavy atom. The fourth-order valence-corrected chi connectivity index (χ4v) is 4.59. The third kappa shape index (κ3) is 4.60. The minimum atomic E-state index is -4.82. The largest absolute Gasteiger partial charge is 0.573 e. The topological polar surface area (TPSA) is 80.7 Å². The van der Waals surface area contributed by atoms with Crippen molar-refractivity contribution in [2.75, 3.05) is 25.3 Å². The van der Waals surface area contributed by atoms with Gasteiger partial charge in [0.25, 0.3) is 0 Å². The van der Waals surface area contributed by atoms with E-state index < -0.39 is 29.7 Å². The molecule has 8 nitrogen and oxygen atoms in total. The second-order valence-corrected chi connectivity index (χ2v) is 9.23. The van der Waals surface area contributed by atoms with Gasteiger partial charge < -0.3 is 14.2 Å². The molecule has 0 aromatic heterocycles. The Labute approximate surface area is 209 Å². The molecule has 1 aliphatic heterocycles. The van der Waals surface area contributed by atoms with Crippen molar-refractivity contribution >= 4 is 35.0 Å². The maximum absolute atomic E-state index is 13.6. The molecule has 0 bridgehead atoms. The molecule has 2 aliphatic carbocycles. The van der Waals surface area contributed by atoms with Crippen LogP contribution in [0.4, 0.5) is 23.7 Å². The quantitative estimate of drug-likeness (QED) is 0.529. The van der Waals surface area contributed by atoms with E-state index in [9.17, 15) is 22.8 Å². The summed E-state index contributed by atoms with van der Waals surface area (Å²) in [5.74, 6) is -0.770. The van der Waals surface area contributed by atoms with Crippen LogP contribution in [0.3, 0.4) is 0 Å². The van der Waals surface area contributed by atoms with Gasteiger partial charge in [0.1, 0.15) is 18.2 Å². The molecule has 1 fully saturated rings. The van der Waals surface area contributed by atoms with Crippen LogP contribution in [0.15, 0.2) is 47.6 Å². The number of hydrogen-bond acceptors (Lipinski definition) is 6. The Hall–Kier alpha value is -3.31. The standard InChI is InChI=1S/C24H21ClF3N3O5/c1-34-21(32)23-11-15-10-16(25)4-9-19(15)20(23)29-31(13-35-23)22(33)30(12-14-2-3-14)17-5-7-18(8-6-17)36-24(26,27)28/h4-10,14H,2-3,11-13H2,1H3. The van der Waals surface area contributed by atoms with E-state index in [-0.39, 0.29) is 24.8 Å². The molecule has 2 amide bonds. The van der Waals surface area contributed by atoms with E-state index in [4.69, 9.17) is 21.1 Å². The molecule has 1 saturated carbocycles. The number of amides is 2. The molecule has 0 saturated heterocycles. The molecule has 12 heteroatoms. The van der Waals surface area contributed by atoms with Gasteiger partial charge in [-0.1, -0.05) is 17.7 Å². The number of esters is 1. The fraction of sp³-hybridized carbons (Fsp3) is 0.375. The summed E-state index contributed by atoms with van der Waals surface area (Å²) < 4.78 is 52.5. The van der Waals surface area contributed by atoms with Crippen LogP contribution in [0.2, 0.25) is 5.02 Å². The summed E-state index contributed by atoms with van der Waals surface area (Å²) in [6.45, 7) is 0.0313. The third-order valence-electron chi connectivity index (χ3n) is 6.28. The number of carbonyl (C=O) groups is 2. The summed E-state index contributed by atoms with van der Waals surface area (Å²) in [5, 5.41) is 6.09. The van der Waals surface area contributed by atoms with Crippen LogP contribution in [-0.2, 0) is 20.7 Å². The highest BCUT2D eigenvalue weighted by atomic mass is 35.5. The molecular weight excluding hydrogens is 503 g/mol. The van der Waals surface area contributed by atoms with Crippen LogP contribution in [-0.4, -0.2) is 55.1 Å². The summed E-state index contributed by atoms with van der Waals surface area (Å²) in [4.78, 5) is 27.8. The smallest absolute Gasteiger partial charge is 0.467 e. The molecule has 2 aromatic carbocycles. The van der Waals surface area contributed by atoms with Crippen molar-refractivity contribution in [3.8, 4) is 5.75 Å². The number of fused-ring (bicyclic) bond motifs is 3. The zero-order valence-corrected chi connectivity index (χ0v) is 19.8. The SMILES string of the molecule is COC(=O)C12Cc3cc(Cl)ccc3C1=NN(C(=O)N(CC1CC1)c1ccc(OC(F)(F)F)cc1)CO2. The summed E-state index contributed by atoms with van der Waals surface area (Å²) in [5.41, 5.74) is 0.461. The minimum Gasteiger partial charge on any atom is -0.467 e. The van der Waals surface area contributed by atoms with Crippen molar-refractivity contribution < 1.29 is 37.0 Å². The second kappa shape index (κ2) is 8.97. The number of urea groups is 1. The van der Waals surface area contributed by atoms with Gasteiger partial charge in [-0.05, 0) is 60.7 Å². The number of carbonyl (C=O) groups excluding carboxylic acids is 2.